The molecule has 0 saturated heterocycles. The summed E-state index contributed by atoms with van der Waals surface area (Å²) >= 11 is 5.99. The summed E-state index contributed by atoms with van der Waals surface area (Å²) in [5, 5.41) is 5.49. The van der Waals surface area contributed by atoms with Crippen molar-refractivity contribution in [2.24, 2.45) is 23.7 Å². The minimum Gasteiger partial charge on any atom is -0.466 e. The van der Waals surface area contributed by atoms with E-state index >= 15 is 0 Å². The molecule has 2 aromatic rings. The van der Waals surface area contributed by atoms with Gasteiger partial charge >= 0.3 is 17.9 Å². The predicted molar refractivity (Wildman–Crippen MR) is 205 cm³/mol. The second kappa shape index (κ2) is 21.5. The maximum Gasteiger partial charge on any atom is 0.308 e. The Kier molecular flexibility index (Phi) is 17.5. The summed E-state index contributed by atoms with van der Waals surface area (Å²) in [6, 6.07) is 14.3. The van der Waals surface area contributed by atoms with Gasteiger partial charge < -0.3 is 24.8 Å². The first-order valence-corrected chi connectivity index (χ1v) is 20.6. The Morgan fingerprint density at radius 3 is 1.82 bits per heavy atom. The van der Waals surface area contributed by atoms with Crippen LogP contribution in [-0.4, -0.2) is 75.5 Å². The molecule has 0 aliphatic heterocycles. The van der Waals surface area contributed by atoms with E-state index < -0.39 is 105 Å². The molecule has 0 spiro atoms. The van der Waals surface area contributed by atoms with E-state index in [4.69, 9.17) is 25.8 Å². The first-order valence-electron chi connectivity index (χ1n) is 18.3. The molecule has 3 rings (SSSR count). The number of sulfone groups is 1. The van der Waals surface area contributed by atoms with Crippen LogP contribution in [0.4, 0.5) is 0 Å². The lowest BCUT2D eigenvalue weighted by atomic mass is 9.83. The number of ether oxygens (including phenoxy) is 3. The molecule has 13 nitrogen and oxygen atoms in total. The maximum atomic E-state index is 14.4. The number of Topliss-reactive ketones (excluding diaryl/α,β-unsaturated/α-hetero) is 1. The highest BCUT2D eigenvalue weighted by Crippen LogP contribution is 2.31. The van der Waals surface area contributed by atoms with E-state index in [1.165, 1.54) is 0 Å². The molecule has 4 atom stereocenters. The molecule has 0 bridgehead atoms. The molecule has 0 radical (unpaired) electrons. The Morgan fingerprint density at radius 2 is 1.29 bits per heavy atom. The zero-order chi connectivity index (χ0) is 40.7. The van der Waals surface area contributed by atoms with Crippen LogP contribution in [0, 0.1) is 23.7 Å². The zero-order valence-electron chi connectivity index (χ0n) is 31.9. The molecular formula is C40H51ClN2O11S. The first kappa shape index (κ1) is 44.8. The number of nitrogens with one attached hydrogen (secondary N) is 2. The summed E-state index contributed by atoms with van der Waals surface area (Å²) in [6.45, 7) is 6.75. The van der Waals surface area contributed by atoms with Gasteiger partial charge in [0.25, 0.3) is 0 Å². The van der Waals surface area contributed by atoms with Crippen molar-refractivity contribution in [3.63, 3.8) is 0 Å². The van der Waals surface area contributed by atoms with Crippen molar-refractivity contribution in [2.75, 3.05) is 19.5 Å². The smallest absolute Gasteiger partial charge is 0.308 e. The highest BCUT2D eigenvalue weighted by atomic mass is 35.5. The summed E-state index contributed by atoms with van der Waals surface area (Å²) in [6.07, 6.45) is 1.17. The number of amides is 2. The minimum absolute atomic E-state index is 0.0373. The molecule has 1 aliphatic carbocycles. The van der Waals surface area contributed by atoms with Crippen molar-refractivity contribution >= 4 is 56.9 Å². The number of esters is 3. The van der Waals surface area contributed by atoms with Crippen LogP contribution < -0.4 is 10.6 Å². The fourth-order valence-corrected chi connectivity index (χ4v) is 6.90. The van der Waals surface area contributed by atoms with E-state index in [0.717, 1.165) is 29.0 Å². The highest BCUT2D eigenvalue weighted by molar-refractivity contribution is 7.96. The lowest BCUT2D eigenvalue weighted by molar-refractivity contribution is -0.151. The monoisotopic (exact) mass is 802 g/mol. The standard InChI is InChI=1S/C40H51ClN2O11S/c1-6-52-35(45)19-30(20-36(46)54-24-26-13-9-8-10-14-26)39(48)43-38(29-17-27-15-11-12-16-28(27)18-29)33(44)23-32(25(3)4)40(49)42-31(22-37(47)53-7-2)21-34(41)55(5,50)51/h8-16,21,25,29-32,38H,6-7,17-20,22-24H2,1-5H3,(H,42,49)(H,43,48)/b34-21+/t30-,31-,32+,38+/m1/s1. The van der Waals surface area contributed by atoms with Crippen LogP contribution in [0.25, 0.3) is 0 Å². The lowest BCUT2D eigenvalue weighted by Gasteiger charge is -2.29. The van der Waals surface area contributed by atoms with Crippen molar-refractivity contribution in [2.45, 2.75) is 84.9 Å². The van der Waals surface area contributed by atoms with Gasteiger partial charge in [-0.1, -0.05) is 80.0 Å². The molecule has 2 aromatic carbocycles. The van der Waals surface area contributed by atoms with E-state index in [1.807, 2.05) is 30.3 Å². The van der Waals surface area contributed by atoms with E-state index in [0.29, 0.717) is 12.8 Å². The van der Waals surface area contributed by atoms with Crippen LogP contribution in [0.2, 0.25) is 0 Å². The zero-order valence-corrected chi connectivity index (χ0v) is 33.5. The van der Waals surface area contributed by atoms with Gasteiger partial charge in [-0.05, 0) is 61.3 Å². The second-order valence-electron chi connectivity index (χ2n) is 13.9. The van der Waals surface area contributed by atoms with E-state index in [9.17, 15) is 37.2 Å². The van der Waals surface area contributed by atoms with Crippen molar-refractivity contribution in [1.29, 1.82) is 0 Å². The van der Waals surface area contributed by atoms with E-state index in [-0.39, 0.29) is 26.2 Å². The Balaban J connectivity index is 1.89. The fourth-order valence-electron chi connectivity index (χ4n) is 6.34. The topological polar surface area (TPSA) is 188 Å². The van der Waals surface area contributed by atoms with Gasteiger partial charge in [0.2, 0.25) is 11.8 Å². The average Bonchev–Trinajstić information content (AvgIpc) is 3.55. The summed E-state index contributed by atoms with van der Waals surface area (Å²) in [5.74, 6) is -6.99. The molecule has 0 aromatic heterocycles. The van der Waals surface area contributed by atoms with Crippen LogP contribution in [-0.2, 0) is 72.3 Å². The first-order chi connectivity index (χ1) is 26.0. The molecule has 1 aliphatic rings. The van der Waals surface area contributed by atoms with Crippen molar-refractivity contribution in [3.05, 3.63) is 81.7 Å². The van der Waals surface area contributed by atoms with E-state index in [2.05, 4.69) is 10.6 Å². The minimum atomic E-state index is -3.86. The third-order valence-corrected chi connectivity index (χ3v) is 11.0. The molecule has 2 N–H and O–H groups in total. The molecule has 0 saturated carbocycles. The molecule has 55 heavy (non-hydrogen) atoms. The number of rotatable bonds is 21. The van der Waals surface area contributed by atoms with Crippen LogP contribution in [0.15, 0.2) is 65.0 Å². The molecular weight excluding hydrogens is 752 g/mol. The van der Waals surface area contributed by atoms with Crippen molar-refractivity contribution < 1.29 is 51.4 Å². The third-order valence-electron chi connectivity index (χ3n) is 9.21. The second-order valence-corrected chi connectivity index (χ2v) is 16.5. The normalized spacial score (nSPS) is 15.2. The number of hydrogen-bond donors (Lipinski definition) is 2. The number of carbonyl (C=O) groups is 6. The molecule has 0 heterocycles. The van der Waals surface area contributed by atoms with Crippen molar-refractivity contribution in [1.82, 2.24) is 10.6 Å². The SMILES string of the molecule is CCOC(=O)C[C@H](CC(=O)OCc1ccccc1)C(=O)N[C@H](C(=O)C[C@H](C(=O)N[C@H](/C=C(\Cl)S(C)(=O)=O)CC(=O)OCC)C(C)C)C1Cc2ccccc2C1. The Morgan fingerprint density at radius 1 is 0.764 bits per heavy atom. The molecule has 15 heteroatoms. The number of carbonyl (C=O) groups excluding carboxylic acids is 6. The van der Waals surface area contributed by atoms with Crippen molar-refractivity contribution in [3.8, 4) is 0 Å². The van der Waals surface area contributed by atoms with Gasteiger partial charge in [-0.25, -0.2) is 8.42 Å². The van der Waals surface area contributed by atoms with Gasteiger partial charge in [-0.3, -0.25) is 28.8 Å². The summed E-state index contributed by atoms with van der Waals surface area (Å²) < 4.78 is 39.0. The Labute approximate surface area is 327 Å². The molecule has 0 fully saturated rings. The van der Waals surface area contributed by atoms with Gasteiger partial charge in [-0.2, -0.15) is 0 Å². The average molecular weight is 803 g/mol. The predicted octanol–water partition coefficient (Wildman–Crippen LogP) is 4.38. The largest absolute Gasteiger partial charge is 0.466 e. The van der Waals surface area contributed by atoms with Gasteiger partial charge in [0.05, 0.1) is 50.5 Å². The lowest BCUT2D eigenvalue weighted by Crippen LogP contribution is -2.50. The summed E-state index contributed by atoms with van der Waals surface area (Å²) in [7, 11) is -3.86. The molecule has 300 valence electrons. The number of benzene rings is 2. The Hall–Kier alpha value is -4.56. The fraction of sp³-hybridized carbons (Fsp3) is 0.500. The van der Waals surface area contributed by atoms with Gasteiger partial charge in [0.1, 0.15) is 11.0 Å². The van der Waals surface area contributed by atoms with Gasteiger partial charge in [0, 0.05) is 18.6 Å². The van der Waals surface area contributed by atoms with Crippen LogP contribution in [0.5, 0.6) is 0 Å². The van der Waals surface area contributed by atoms with Crippen LogP contribution in [0.3, 0.4) is 0 Å². The van der Waals surface area contributed by atoms with E-state index in [1.54, 1.807) is 52.0 Å². The number of halogens is 1. The Bertz CT molecular complexity index is 1790. The number of fused-ring (bicyclic) bond motifs is 1. The van der Waals surface area contributed by atoms with Crippen LogP contribution >= 0.6 is 11.6 Å². The summed E-state index contributed by atoms with van der Waals surface area (Å²) in [4.78, 5) is 80.1. The molecule has 2 amide bonds. The number of hydrogen-bond acceptors (Lipinski definition) is 11. The quantitative estimate of drug-likeness (QED) is 0.135. The van der Waals surface area contributed by atoms with Gasteiger partial charge in [0.15, 0.2) is 15.6 Å². The van der Waals surface area contributed by atoms with Gasteiger partial charge in [-0.15, -0.1) is 0 Å². The third kappa shape index (κ3) is 14.6. The summed E-state index contributed by atoms with van der Waals surface area (Å²) in [5.41, 5.74) is 2.74. The van der Waals surface area contributed by atoms with Crippen LogP contribution in [0.1, 0.15) is 70.1 Å². The number of ketones is 1. The molecule has 0 unspecified atom stereocenters. The maximum absolute atomic E-state index is 14.4. The highest BCUT2D eigenvalue weighted by Gasteiger charge is 2.39.